The Labute approximate surface area is 175 Å². The standard InChI is InChI=1S/C24H32N2O.ClH/c1-15-3-4-21-19(7-15)20-14-25(2)6-5-22(20)26(21)23(27)24-11-16-8-17(12-24)10-18(9-16)13-24;/h3-4,7,16-18,20,22H,5-6,8-14H2,1-2H3;1H. The summed E-state index contributed by atoms with van der Waals surface area (Å²) < 4.78 is 0. The molecule has 6 aliphatic rings. The van der Waals surface area contributed by atoms with E-state index in [1.54, 1.807) is 0 Å². The van der Waals surface area contributed by atoms with Crippen LogP contribution in [0, 0.1) is 30.1 Å². The second-order valence-corrected chi connectivity index (χ2v) is 10.7. The summed E-state index contributed by atoms with van der Waals surface area (Å²) in [5, 5.41) is 0. The Morgan fingerprint density at radius 2 is 1.71 bits per heavy atom. The fraction of sp³-hybridized carbons (Fsp3) is 0.708. The minimum atomic E-state index is -0.0326. The summed E-state index contributed by atoms with van der Waals surface area (Å²) in [6.07, 6.45) is 8.84. The molecule has 0 N–H and O–H groups in total. The molecule has 4 bridgehead atoms. The van der Waals surface area contributed by atoms with Crippen LogP contribution in [0.15, 0.2) is 18.2 Å². The van der Waals surface area contributed by atoms with Crippen LogP contribution >= 0.6 is 12.4 Å². The van der Waals surface area contributed by atoms with Crippen LogP contribution in [-0.2, 0) is 4.79 Å². The lowest BCUT2D eigenvalue weighted by molar-refractivity contribution is -0.144. The van der Waals surface area contributed by atoms with E-state index in [4.69, 9.17) is 0 Å². The van der Waals surface area contributed by atoms with Crippen molar-refractivity contribution in [2.24, 2.45) is 23.2 Å². The van der Waals surface area contributed by atoms with Gasteiger partial charge >= 0.3 is 0 Å². The number of piperidine rings is 1. The summed E-state index contributed by atoms with van der Waals surface area (Å²) in [6, 6.07) is 7.21. The van der Waals surface area contributed by atoms with Gasteiger partial charge in [0.1, 0.15) is 0 Å². The van der Waals surface area contributed by atoms with Gasteiger partial charge in [0.25, 0.3) is 0 Å². The Morgan fingerprint density at radius 3 is 2.36 bits per heavy atom. The molecule has 2 unspecified atom stereocenters. The zero-order valence-electron chi connectivity index (χ0n) is 17.2. The molecule has 4 saturated carbocycles. The Balaban J connectivity index is 0.00000171. The number of hydrogen-bond acceptors (Lipinski definition) is 2. The molecule has 7 rings (SSSR count). The molecule has 1 aromatic carbocycles. The third kappa shape index (κ3) is 2.61. The number of carbonyl (C=O) groups is 1. The first-order valence-electron chi connectivity index (χ1n) is 11.2. The smallest absolute Gasteiger partial charge is 0.233 e. The second-order valence-electron chi connectivity index (χ2n) is 10.7. The van der Waals surface area contributed by atoms with Gasteiger partial charge in [0, 0.05) is 24.2 Å². The van der Waals surface area contributed by atoms with E-state index in [0.717, 1.165) is 37.3 Å². The number of likely N-dealkylation sites (tertiary alicyclic amines) is 1. The number of hydrogen-bond donors (Lipinski definition) is 0. The zero-order chi connectivity index (χ0) is 18.3. The van der Waals surface area contributed by atoms with Crippen molar-refractivity contribution in [2.75, 3.05) is 25.0 Å². The first-order valence-corrected chi connectivity index (χ1v) is 11.2. The Bertz CT molecular complexity index is 771. The van der Waals surface area contributed by atoms with Gasteiger partial charge in [-0.3, -0.25) is 4.79 Å². The van der Waals surface area contributed by atoms with Crippen LogP contribution < -0.4 is 4.90 Å². The van der Waals surface area contributed by atoms with Crippen LogP contribution in [0.5, 0.6) is 0 Å². The number of rotatable bonds is 1. The number of anilines is 1. The second kappa shape index (κ2) is 6.47. The molecule has 4 aliphatic carbocycles. The lowest BCUT2D eigenvalue weighted by Crippen LogP contribution is -2.57. The number of amides is 1. The summed E-state index contributed by atoms with van der Waals surface area (Å²) >= 11 is 0. The maximum atomic E-state index is 14.2. The highest BCUT2D eigenvalue weighted by Gasteiger charge is 2.58. The lowest BCUT2D eigenvalue weighted by atomic mass is 9.49. The SMILES string of the molecule is Cc1ccc2c(c1)C1CN(C)CCC1N2C(=O)C12CC3CC(CC(C3)C1)C2.Cl. The molecule has 2 heterocycles. The van der Waals surface area contributed by atoms with Gasteiger partial charge in [0.15, 0.2) is 0 Å². The minimum Gasteiger partial charge on any atom is -0.308 e. The van der Waals surface area contributed by atoms with Crippen molar-refractivity contribution < 1.29 is 4.79 Å². The van der Waals surface area contributed by atoms with Gasteiger partial charge in [-0.05, 0) is 94.8 Å². The van der Waals surface area contributed by atoms with Crippen LogP contribution in [0.1, 0.15) is 62.0 Å². The molecule has 1 saturated heterocycles. The first kappa shape index (κ1) is 18.9. The van der Waals surface area contributed by atoms with Crippen LogP contribution in [0.2, 0.25) is 0 Å². The monoisotopic (exact) mass is 400 g/mol. The summed E-state index contributed by atoms with van der Waals surface area (Å²) in [4.78, 5) is 19.0. The zero-order valence-corrected chi connectivity index (χ0v) is 18.0. The molecular weight excluding hydrogens is 368 g/mol. The third-order valence-corrected chi connectivity index (χ3v) is 8.66. The molecule has 0 spiro atoms. The molecule has 1 aromatic rings. The van der Waals surface area contributed by atoms with Crippen molar-refractivity contribution in [2.45, 2.75) is 63.8 Å². The van der Waals surface area contributed by atoms with Crippen LogP contribution in [-0.4, -0.2) is 37.0 Å². The predicted molar refractivity (Wildman–Crippen MR) is 115 cm³/mol. The fourth-order valence-corrected chi connectivity index (χ4v) is 7.97. The van der Waals surface area contributed by atoms with Crippen molar-refractivity contribution in [3.63, 3.8) is 0 Å². The number of benzene rings is 1. The number of nitrogens with zero attached hydrogens (tertiary/aromatic N) is 2. The van der Waals surface area contributed by atoms with Crippen LogP contribution in [0.4, 0.5) is 5.69 Å². The van der Waals surface area contributed by atoms with E-state index in [-0.39, 0.29) is 17.8 Å². The molecule has 2 atom stereocenters. The quantitative estimate of drug-likeness (QED) is 0.678. The fourth-order valence-electron chi connectivity index (χ4n) is 7.97. The molecule has 3 nitrogen and oxygen atoms in total. The van der Waals surface area contributed by atoms with E-state index in [9.17, 15) is 4.79 Å². The van der Waals surface area contributed by atoms with Crippen molar-refractivity contribution in [1.29, 1.82) is 0 Å². The highest BCUT2D eigenvalue weighted by molar-refractivity contribution is 6.01. The molecular formula is C24H33ClN2O. The maximum Gasteiger partial charge on any atom is 0.233 e. The third-order valence-electron chi connectivity index (χ3n) is 8.66. The van der Waals surface area contributed by atoms with Crippen LogP contribution in [0.25, 0.3) is 0 Å². The maximum absolute atomic E-state index is 14.2. The highest BCUT2D eigenvalue weighted by atomic mass is 35.5. The van der Waals surface area contributed by atoms with Gasteiger partial charge in [-0.1, -0.05) is 17.7 Å². The van der Waals surface area contributed by atoms with Crippen LogP contribution in [0.3, 0.4) is 0 Å². The van der Waals surface area contributed by atoms with Gasteiger partial charge in [-0.15, -0.1) is 12.4 Å². The minimum absolute atomic E-state index is 0. The summed E-state index contributed by atoms with van der Waals surface area (Å²) in [5.74, 6) is 3.48. The Hall–Kier alpha value is -1.06. The number of likely N-dealkylation sites (N-methyl/N-ethyl adjacent to an activating group) is 1. The van der Waals surface area contributed by atoms with Crippen molar-refractivity contribution in [3.05, 3.63) is 29.3 Å². The molecule has 5 fully saturated rings. The number of aryl methyl sites for hydroxylation is 1. The molecule has 0 radical (unpaired) electrons. The lowest BCUT2D eigenvalue weighted by Gasteiger charge is -2.57. The van der Waals surface area contributed by atoms with E-state index < -0.39 is 0 Å². The summed E-state index contributed by atoms with van der Waals surface area (Å²) in [6.45, 7) is 4.38. The molecule has 152 valence electrons. The van der Waals surface area contributed by atoms with Gasteiger partial charge in [0.05, 0.1) is 5.41 Å². The summed E-state index contributed by atoms with van der Waals surface area (Å²) in [7, 11) is 2.23. The highest BCUT2D eigenvalue weighted by Crippen LogP contribution is 2.61. The van der Waals surface area contributed by atoms with Crippen molar-refractivity contribution >= 4 is 24.0 Å². The average Bonchev–Trinajstić information content (AvgIpc) is 2.93. The van der Waals surface area contributed by atoms with Gasteiger partial charge in [0.2, 0.25) is 5.91 Å². The summed E-state index contributed by atoms with van der Waals surface area (Å²) in [5.41, 5.74) is 3.97. The largest absolute Gasteiger partial charge is 0.308 e. The van der Waals surface area contributed by atoms with Gasteiger partial charge in [-0.25, -0.2) is 0 Å². The number of halogens is 1. The molecule has 0 aromatic heterocycles. The predicted octanol–water partition coefficient (Wildman–Crippen LogP) is 4.77. The Kier molecular flexibility index (Phi) is 4.38. The van der Waals surface area contributed by atoms with Gasteiger partial charge < -0.3 is 9.80 Å². The van der Waals surface area contributed by atoms with E-state index in [0.29, 0.717) is 17.9 Å². The number of carbonyl (C=O) groups excluding carboxylic acids is 1. The topological polar surface area (TPSA) is 23.6 Å². The normalized spacial score (nSPS) is 40.8. The number of fused-ring (bicyclic) bond motifs is 3. The first-order chi connectivity index (χ1) is 13.0. The van der Waals surface area contributed by atoms with Gasteiger partial charge in [-0.2, -0.15) is 0 Å². The van der Waals surface area contributed by atoms with E-state index in [2.05, 4.69) is 42.0 Å². The molecule has 4 heteroatoms. The molecule has 1 amide bonds. The molecule has 28 heavy (non-hydrogen) atoms. The van der Waals surface area contributed by atoms with E-state index in [1.165, 1.54) is 55.3 Å². The van der Waals surface area contributed by atoms with Crippen molar-refractivity contribution in [1.82, 2.24) is 4.90 Å². The molecule has 2 aliphatic heterocycles. The van der Waals surface area contributed by atoms with E-state index >= 15 is 0 Å². The average molecular weight is 401 g/mol. The Morgan fingerprint density at radius 1 is 1.07 bits per heavy atom. The van der Waals surface area contributed by atoms with Crippen molar-refractivity contribution in [3.8, 4) is 0 Å². The van der Waals surface area contributed by atoms with E-state index in [1.807, 2.05) is 0 Å².